The normalized spacial score (nSPS) is 22.0. The Hall–Kier alpha value is -0.710. The van der Waals surface area contributed by atoms with Crippen LogP contribution in [0.1, 0.15) is 52.9 Å². The maximum absolute atomic E-state index is 12.4. The van der Waals surface area contributed by atoms with E-state index >= 15 is 0 Å². The topological polar surface area (TPSA) is 49.4 Å². The van der Waals surface area contributed by atoms with E-state index in [0.29, 0.717) is 13.0 Å². The Balaban J connectivity index is 2.50. The Morgan fingerprint density at radius 3 is 2.45 bits per heavy atom. The monoisotopic (exact) mass is 300 g/mol. The van der Waals surface area contributed by atoms with Crippen LogP contribution < -0.4 is 5.32 Å². The Kier molecular flexibility index (Phi) is 6.86. The molecule has 0 spiro atoms. The van der Waals surface area contributed by atoms with Crippen LogP contribution in [0.2, 0.25) is 0 Å². The van der Waals surface area contributed by atoms with Gasteiger partial charge in [0.25, 0.3) is 0 Å². The van der Waals surface area contributed by atoms with E-state index in [2.05, 4.69) is 11.6 Å². The third kappa shape index (κ3) is 4.40. The molecule has 1 aliphatic rings. The summed E-state index contributed by atoms with van der Waals surface area (Å²) >= 11 is 1.87. The molecule has 0 aromatic carbocycles. The van der Waals surface area contributed by atoms with Crippen molar-refractivity contribution >= 4 is 23.6 Å². The van der Waals surface area contributed by atoms with Crippen molar-refractivity contribution in [2.45, 2.75) is 64.5 Å². The van der Waals surface area contributed by atoms with E-state index in [-0.39, 0.29) is 17.9 Å². The van der Waals surface area contributed by atoms with Crippen LogP contribution in [-0.2, 0) is 9.59 Å². The molecular weight excluding hydrogens is 272 g/mol. The first-order valence-electron chi connectivity index (χ1n) is 7.56. The summed E-state index contributed by atoms with van der Waals surface area (Å²) < 4.78 is 0. The van der Waals surface area contributed by atoms with Crippen molar-refractivity contribution in [3.05, 3.63) is 0 Å². The first-order valence-corrected chi connectivity index (χ1v) is 8.95. The van der Waals surface area contributed by atoms with Crippen molar-refractivity contribution in [1.82, 2.24) is 10.2 Å². The van der Waals surface area contributed by atoms with E-state index in [9.17, 15) is 9.59 Å². The van der Waals surface area contributed by atoms with Gasteiger partial charge in [-0.15, -0.1) is 0 Å². The average Bonchev–Trinajstić information content (AvgIpc) is 2.38. The van der Waals surface area contributed by atoms with Gasteiger partial charge in [0.15, 0.2) is 0 Å². The van der Waals surface area contributed by atoms with Crippen LogP contribution in [0.25, 0.3) is 0 Å². The highest BCUT2D eigenvalue weighted by Crippen LogP contribution is 2.20. The number of hydrogen-bond donors (Lipinski definition) is 1. The lowest BCUT2D eigenvalue weighted by molar-refractivity contribution is -0.153. The Morgan fingerprint density at radius 1 is 1.20 bits per heavy atom. The zero-order chi connectivity index (χ0) is 15.2. The Labute approximate surface area is 127 Å². The first kappa shape index (κ1) is 17.3. The van der Waals surface area contributed by atoms with E-state index in [1.54, 1.807) is 18.7 Å². The summed E-state index contributed by atoms with van der Waals surface area (Å²) in [4.78, 5) is 26.3. The summed E-state index contributed by atoms with van der Waals surface area (Å²) in [5.41, 5.74) is -0.762. The Morgan fingerprint density at radius 2 is 1.85 bits per heavy atom. The summed E-state index contributed by atoms with van der Waals surface area (Å²) in [6.45, 7) is 6.23. The fourth-order valence-electron chi connectivity index (χ4n) is 2.63. The molecule has 20 heavy (non-hydrogen) atoms. The molecule has 1 aliphatic heterocycles. The van der Waals surface area contributed by atoms with Crippen molar-refractivity contribution in [2.75, 3.05) is 18.6 Å². The predicted molar refractivity (Wildman–Crippen MR) is 84.9 cm³/mol. The number of piperazine rings is 1. The summed E-state index contributed by atoms with van der Waals surface area (Å²) in [6.07, 6.45) is 7.36. The maximum atomic E-state index is 12.4. The molecule has 1 unspecified atom stereocenters. The number of nitrogens with one attached hydrogen (secondary N) is 1. The van der Waals surface area contributed by atoms with E-state index in [1.807, 2.05) is 18.7 Å². The van der Waals surface area contributed by atoms with Gasteiger partial charge in [-0.1, -0.05) is 19.8 Å². The summed E-state index contributed by atoms with van der Waals surface area (Å²) in [6, 6.07) is -0.290. The molecule has 0 saturated carbocycles. The van der Waals surface area contributed by atoms with Gasteiger partial charge in [0, 0.05) is 6.54 Å². The van der Waals surface area contributed by atoms with E-state index < -0.39 is 5.54 Å². The van der Waals surface area contributed by atoms with Gasteiger partial charge in [0.05, 0.1) is 0 Å². The minimum Gasteiger partial charge on any atom is -0.340 e. The molecule has 0 radical (unpaired) electrons. The highest BCUT2D eigenvalue weighted by Gasteiger charge is 2.43. The zero-order valence-electron chi connectivity index (χ0n) is 13.2. The quantitative estimate of drug-likeness (QED) is 0.700. The molecular formula is C15H28N2O2S. The molecule has 1 atom stereocenters. The second-order valence-corrected chi connectivity index (χ2v) is 6.93. The SMILES string of the molecule is CCC1C(=O)NC(C)(C)C(=O)N1CCCCCCSC. The van der Waals surface area contributed by atoms with Gasteiger partial charge in [-0.2, -0.15) is 11.8 Å². The molecule has 4 nitrogen and oxygen atoms in total. The molecule has 1 saturated heterocycles. The lowest BCUT2D eigenvalue weighted by atomic mass is 9.95. The van der Waals surface area contributed by atoms with Crippen LogP contribution in [0, 0.1) is 0 Å². The molecule has 116 valence electrons. The number of nitrogens with zero attached hydrogens (tertiary/aromatic N) is 1. The minimum absolute atomic E-state index is 0.0144. The highest BCUT2D eigenvalue weighted by molar-refractivity contribution is 7.98. The first-order chi connectivity index (χ1) is 9.44. The number of carbonyl (C=O) groups is 2. The lowest BCUT2D eigenvalue weighted by Gasteiger charge is -2.42. The van der Waals surface area contributed by atoms with Crippen LogP contribution >= 0.6 is 11.8 Å². The summed E-state index contributed by atoms with van der Waals surface area (Å²) in [5, 5.41) is 2.82. The zero-order valence-corrected chi connectivity index (χ0v) is 14.0. The van der Waals surface area contributed by atoms with Gasteiger partial charge in [0.2, 0.25) is 11.8 Å². The number of unbranched alkanes of at least 4 members (excludes halogenated alkanes) is 3. The lowest BCUT2D eigenvalue weighted by Crippen LogP contribution is -2.68. The summed E-state index contributed by atoms with van der Waals surface area (Å²) in [5.74, 6) is 1.24. The molecule has 0 aromatic heterocycles. The molecule has 2 amide bonds. The van der Waals surface area contributed by atoms with Crippen molar-refractivity contribution in [3.63, 3.8) is 0 Å². The van der Waals surface area contributed by atoms with Crippen molar-refractivity contribution in [1.29, 1.82) is 0 Å². The van der Waals surface area contributed by atoms with Crippen LogP contribution in [0.15, 0.2) is 0 Å². The standard InChI is InChI=1S/C15H28N2O2S/c1-5-12-13(18)16-15(2,3)14(19)17(12)10-8-6-7-9-11-20-4/h12H,5-11H2,1-4H3,(H,16,18). The van der Waals surface area contributed by atoms with E-state index in [1.165, 1.54) is 18.6 Å². The van der Waals surface area contributed by atoms with Gasteiger partial charge in [-0.3, -0.25) is 9.59 Å². The van der Waals surface area contributed by atoms with Crippen molar-refractivity contribution in [3.8, 4) is 0 Å². The maximum Gasteiger partial charge on any atom is 0.248 e. The highest BCUT2D eigenvalue weighted by atomic mass is 32.2. The van der Waals surface area contributed by atoms with Crippen molar-refractivity contribution < 1.29 is 9.59 Å². The molecule has 1 fully saturated rings. The largest absolute Gasteiger partial charge is 0.340 e. The van der Waals surface area contributed by atoms with Crippen LogP contribution in [0.3, 0.4) is 0 Å². The van der Waals surface area contributed by atoms with Crippen molar-refractivity contribution in [2.24, 2.45) is 0 Å². The predicted octanol–water partition coefficient (Wildman–Crippen LogP) is 2.43. The van der Waals surface area contributed by atoms with Gasteiger partial charge in [-0.05, 0) is 45.1 Å². The third-order valence-corrected chi connectivity index (χ3v) is 4.49. The van der Waals surface area contributed by atoms with E-state index in [4.69, 9.17) is 0 Å². The fraction of sp³-hybridized carbons (Fsp3) is 0.867. The Bertz CT molecular complexity index is 345. The second-order valence-electron chi connectivity index (χ2n) is 5.94. The molecule has 1 N–H and O–H groups in total. The summed E-state index contributed by atoms with van der Waals surface area (Å²) in [7, 11) is 0. The fourth-order valence-corrected chi connectivity index (χ4v) is 3.12. The number of rotatable bonds is 8. The van der Waals surface area contributed by atoms with Gasteiger partial charge < -0.3 is 10.2 Å². The molecule has 5 heteroatoms. The smallest absolute Gasteiger partial charge is 0.248 e. The minimum atomic E-state index is -0.762. The van der Waals surface area contributed by atoms with Crippen LogP contribution in [-0.4, -0.2) is 46.8 Å². The number of carbonyl (C=O) groups excluding carboxylic acids is 2. The van der Waals surface area contributed by atoms with Gasteiger partial charge >= 0.3 is 0 Å². The molecule has 0 bridgehead atoms. The number of hydrogen-bond acceptors (Lipinski definition) is 3. The average molecular weight is 300 g/mol. The third-order valence-electron chi connectivity index (χ3n) is 3.79. The molecule has 0 aromatic rings. The van der Waals surface area contributed by atoms with E-state index in [0.717, 1.165) is 12.8 Å². The van der Waals surface area contributed by atoms with Crippen LogP contribution in [0.5, 0.6) is 0 Å². The molecule has 0 aliphatic carbocycles. The number of amides is 2. The van der Waals surface area contributed by atoms with Crippen LogP contribution in [0.4, 0.5) is 0 Å². The van der Waals surface area contributed by atoms with Gasteiger partial charge in [-0.25, -0.2) is 0 Å². The second kappa shape index (κ2) is 7.91. The molecule has 1 rings (SSSR count). The number of thioether (sulfide) groups is 1. The van der Waals surface area contributed by atoms with Gasteiger partial charge in [0.1, 0.15) is 11.6 Å². The molecule has 1 heterocycles.